The number of para-hydroxylation sites is 1. The molecule has 0 saturated carbocycles. The van der Waals surface area contributed by atoms with Crippen molar-refractivity contribution in [3.05, 3.63) is 77.6 Å². The lowest BCUT2D eigenvalue weighted by Gasteiger charge is -2.28. The minimum Gasteiger partial charge on any atom is -0.478 e. The zero-order valence-electron chi connectivity index (χ0n) is 16.3. The number of anilines is 3. The van der Waals surface area contributed by atoms with Crippen molar-refractivity contribution in [2.45, 2.75) is 33.4 Å². The fourth-order valence-electron chi connectivity index (χ4n) is 2.99. The van der Waals surface area contributed by atoms with E-state index in [4.69, 9.17) is 0 Å². The lowest BCUT2D eigenvalue weighted by molar-refractivity contribution is 0.0698. The maximum atomic E-state index is 11.5. The molecule has 0 radical (unpaired) electrons. The van der Waals surface area contributed by atoms with Gasteiger partial charge >= 0.3 is 5.97 Å². The second-order valence-corrected chi connectivity index (χ2v) is 6.84. The van der Waals surface area contributed by atoms with Gasteiger partial charge in [-0.25, -0.2) is 14.8 Å². The van der Waals surface area contributed by atoms with Crippen molar-refractivity contribution in [1.82, 2.24) is 9.97 Å². The number of nitrogens with one attached hydrogen (secondary N) is 1. The van der Waals surface area contributed by atoms with Crippen LogP contribution in [0.3, 0.4) is 0 Å². The molecule has 2 aromatic carbocycles. The van der Waals surface area contributed by atoms with Gasteiger partial charge in [-0.15, -0.1) is 0 Å². The minimum atomic E-state index is -0.984. The number of rotatable bonds is 7. The number of hydrogen-bond donors (Lipinski definition) is 2. The van der Waals surface area contributed by atoms with Crippen molar-refractivity contribution in [3.63, 3.8) is 0 Å². The van der Waals surface area contributed by atoms with Crippen molar-refractivity contribution in [1.29, 1.82) is 0 Å². The van der Waals surface area contributed by atoms with E-state index in [1.165, 1.54) is 5.56 Å². The van der Waals surface area contributed by atoms with Crippen molar-refractivity contribution >= 4 is 23.3 Å². The van der Waals surface area contributed by atoms with E-state index in [1.807, 2.05) is 31.2 Å². The Kier molecular flexibility index (Phi) is 5.89. The Morgan fingerprint density at radius 3 is 2.43 bits per heavy atom. The highest BCUT2D eigenvalue weighted by atomic mass is 16.4. The molecule has 6 nitrogen and oxygen atoms in total. The third-order valence-corrected chi connectivity index (χ3v) is 4.36. The summed E-state index contributed by atoms with van der Waals surface area (Å²) in [6.07, 6.45) is 0. The number of carboxylic acids is 1. The zero-order chi connectivity index (χ0) is 20.1. The van der Waals surface area contributed by atoms with Crippen LogP contribution in [0, 0.1) is 6.92 Å². The highest BCUT2D eigenvalue weighted by molar-refractivity contribution is 5.95. The summed E-state index contributed by atoms with van der Waals surface area (Å²) in [5, 5.41) is 12.5. The van der Waals surface area contributed by atoms with Gasteiger partial charge in [0, 0.05) is 18.7 Å². The summed E-state index contributed by atoms with van der Waals surface area (Å²) in [5.74, 6) is 0.991. The van der Waals surface area contributed by atoms with Crippen molar-refractivity contribution in [3.8, 4) is 0 Å². The Morgan fingerprint density at radius 1 is 1.07 bits per heavy atom. The average Bonchev–Trinajstić information content (AvgIpc) is 2.66. The molecule has 0 aliphatic rings. The van der Waals surface area contributed by atoms with Crippen LogP contribution in [-0.4, -0.2) is 27.1 Å². The number of carboxylic acid groups (broad SMARTS) is 1. The number of benzene rings is 2. The third-order valence-electron chi connectivity index (χ3n) is 4.36. The molecule has 0 bridgehead atoms. The van der Waals surface area contributed by atoms with Gasteiger partial charge in [0.25, 0.3) is 0 Å². The number of carbonyl (C=O) groups is 1. The van der Waals surface area contributed by atoms with Gasteiger partial charge in [0.15, 0.2) is 0 Å². The molecule has 0 spiro atoms. The van der Waals surface area contributed by atoms with E-state index in [9.17, 15) is 9.90 Å². The Bertz CT molecular complexity index is 958. The van der Waals surface area contributed by atoms with Crippen LogP contribution in [0.25, 0.3) is 0 Å². The normalized spacial score (nSPS) is 10.7. The van der Waals surface area contributed by atoms with Crippen LogP contribution in [0.2, 0.25) is 0 Å². The van der Waals surface area contributed by atoms with Gasteiger partial charge in [-0.1, -0.05) is 42.5 Å². The lowest BCUT2D eigenvalue weighted by Crippen LogP contribution is -2.31. The van der Waals surface area contributed by atoms with Crippen LogP contribution in [0.15, 0.2) is 60.7 Å². The van der Waals surface area contributed by atoms with E-state index in [0.717, 1.165) is 12.4 Å². The first-order valence-corrected chi connectivity index (χ1v) is 9.19. The molecule has 3 aromatic rings. The molecule has 1 heterocycles. The van der Waals surface area contributed by atoms with Crippen LogP contribution < -0.4 is 10.2 Å². The van der Waals surface area contributed by atoms with Gasteiger partial charge in [-0.05, 0) is 38.5 Å². The van der Waals surface area contributed by atoms with E-state index in [0.29, 0.717) is 17.3 Å². The first-order chi connectivity index (χ1) is 13.4. The predicted octanol–water partition coefficient (Wildman–Crippen LogP) is 4.64. The van der Waals surface area contributed by atoms with Crippen molar-refractivity contribution in [2.75, 3.05) is 10.2 Å². The summed E-state index contributed by atoms with van der Waals surface area (Å²) in [7, 11) is 0. The molecule has 0 amide bonds. The molecule has 0 unspecified atom stereocenters. The first-order valence-electron chi connectivity index (χ1n) is 9.19. The number of aromatic carboxylic acids is 1. The van der Waals surface area contributed by atoms with Crippen molar-refractivity contribution < 1.29 is 9.90 Å². The van der Waals surface area contributed by atoms with Crippen LogP contribution in [0.4, 0.5) is 17.3 Å². The largest absolute Gasteiger partial charge is 0.478 e. The predicted molar refractivity (Wildman–Crippen MR) is 111 cm³/mol. The number of nitrogens with zero attached hydrogens (tertiary/aromatic N) is 3. The molecule has 6 heteroatoms. The molecule has 1 aromatic heterocycles. The van der Waals surface area contributed by atoms with Gasteiger partial charge in [0.2, 0.25) is 0 Å². The smallest absolute Gasteiger partial charge is 0.337 e. The maximum Gasteiger partial charge on any atom is 0.337 e. The highest BCUT2D eigenvalue weighted by Gasteiger charge is 2.16. The second-order valence-electron chi connectivity index (χ2n) is 6.84. The van der Waals surface area contributed by atoms with Gasteiger partial charge in [-0.2, -0.15) is 0 Å². The Labute approximate surface area is 164 Å². The van der Waals surface area contributed by atoms with Crippen LogP contribution >= 0.6 is 0 Å². The van der Waals surface area contributed by atoms with Gasteiger partial charge in [0.05, 0.1) is 11.3 Å². The first kappa shape index (κ1) is 19.4. The molecule has 0 aliphatic carbocycles. The standard InChI is InChI=1S/C22H24N4O2/c1-15(2)26(14-17-9-5-4-6-10-17)21-13-20(23-16(3)24-21)25-19-12-8-7-11-18(19)22(27)28/h4-13,15H,14H2,1-3H3,(H,27,28)(H,23,24,25). The summed E-state index contributed by atoms with van der Waals surface area (Å²) in [4.78, 5) is 22.7. The number of aryl methyl sites for hydroxylation is 1. The summed E-state index contributed by atoms with van der Waals surface area (Å²) < 4.78 is 0. The number of hydrogen-bond acceptors (Lipinski definition) is 5. The van der Waals surface area contributed by atoms with E-state index in [-0.39, 0.29) is 11.6 Å². The van der Waals surface area contributed by atoms with Crippen molar-refractivity contribution in [2.24, 2.45) is 0 Å². The Morgan fingerprint density at radius 2 is 1.75 bits per heavy atom. The fraction of sp³-hybridized carbons (Fsp3) is 0.227. The summed E-state index contributed by atoms with van der Waals surface area (Å²) in [6.45, 7) is 6.79. The van der Waals surface area contributed by atoms with Crippen LogP contribution in [-0.2, 0) is 6.54 Å². The lowest BCUT2D eigenvalue weighted by atomic mass is 10.1. The van der Waals surface area contributed by atoms with E-state index in [2.05, 4.69) is 46.2 Å². The molecule has 0 fully saturated rings. The zero-order valence-corrected chi connectivity index (χ0v) is 16.3. The molecular weight excluding hydrogens is 352 g/mol. The molecule has 144 valence electrons. The molecule has 2 N–H and O–H groups in total. The minimum absolute atomic E-state index is 0.199. The quantitative estimate of drug-likeness (QED) is 0.625. The molecule has 0 saturated heterocycles. The molecule has 3 rings (SSSR count). The van der Waals surface area contributed by atoms with Crippen LogP contribution in [0.1, 0.15) is 35.6 Å². The maximum absolute atomic E-state index is 11.5. The second kappa shape index (κ2) is 8.52. The molecular formula is C22H24N4O2. The summed E-state index contributed by atoms with van der Waals surface area (Å²) in [6, 6.07) is 19.1. The molecule has 0 aliphatic heterocycles. The summed E-state index contributed by atoms with van der Waals surface area (Å²) in [5.41, 5.74) is 1.89. The monoisotopic (exact) mass is 376 g/mol. The molecule has 28 heavy (non-hydrogen) atoms. The van der Waals surface area contributed by atoms with Gasteiger partial charge in [-0.3, -0.25) is 0 Å². The third kappa shape index (κ3) is 4.65. The average molecular weight is 376 g/mol. The Hall–Kier alpha value is -3.41. The Balaban J connectivity index is 1.93. The number of aromatic nitrogens is 2. The van der Waals surface area contributed by atoms with Gasteiger partial charge < -0.3 is 15.3 Å². The van der Waals surface area contributed by atoms with E-state index < -0.39 is 5.97 Å². The SMILES string of the molecule is Cc1nc(Nc2ccccc2C(=O)O)cc(N(Cc2ccccc2)C(C)C)n1. The van der Waals surface area contributed by atoms with Gasteiger partial charge in [0.1, 0.15) is 17.5 Å². The fourth-order valence-corrected chi connectivity index (χ4v) is 2.99. The van der Waals surface area contributed by atoms with Crippen LogP contribution in [0.5, 0.6) is 0 Å². The molecule has 0 atom stereocenters. The van der Waals surface area contributed by atoms with E-state index >= 15 is 0 Å². The van der Waals surface area contributed by atoms with E-state index in [1.54, 1.807) is 24.3 Å². The topological polar surface area (TPSA) is 78.3 Å². The summed E-state index contributed by atoms with van der Waals surface area (Å²) >= 11 is 0. The highest BCUT2D eigenvalue weighted by Crippen LogP contribution is 2.24.